The summed E-state index contributed by atoms with van der Waals surface area (Å²) in [5.41, 5.74) is 7.46. The van der Waals surface area contributed by atoms with Crippen molar-refractivity contribution in [3.63, 3.8) is 0 Å². The molecule has 0 fully saturated rings. The molecule has 1 aromatic carbocycles. The molecule has 0 aliphatic heterocycles. The van der Waals surface area contributed by atoms with Gasteiger partial charge in [-0.05, 0) is 62.8 Å². The van der Waals surface area contributed by atoms with Crippen molar-refractivity contribution in [3.8, 4) is 5.75 Å². The molecule has 3 heterocycles. The number of thiophene rings is 2. The summed E-state index contributed by atoms with van der Waals surface area (Å²) in [5.74, 6) is -0.930. The number of ether oxygens (including phenoxy) is 1. The number of aromatic nitrogens is 2. The summed E-state index contributed by atoms with van der Waals surface area (Å²) in [6.07, 6.45) is 4.89. The maximum absolute atomic E-state index is 13.5. The van der Waals surface area contributed by atoms with Crippen molar-refractivity contribution in [2.45, 2.75) is 45.6 Å². The number of nitrogens with two attached hydrogens (primary N) is 1. The Morgan fingerprint density at radius 3 is 2.62 bits per heavy atom. The summed E-state index contributed by atoms with van der Waals surface area (Å²) >= 11 is 2.47. The third-order valence-electron chi connectivity index (χ3n) is 6.89. The fourth-order valence-electron chi connectivity index (χ4n) is 4.81. The van der Waals surface area contributed by atoms with Crippen molar-refractivity contribution in [1.29, 1.82) is 0 Å². The van der Waals surface area contributed by atoms with Crippen LogP contribution in [0.1, 0.15) is 61.8 Å². The van der Waals surface area contributed by atoms with Crippen molar-refractivity contribution in [1.82, 2.24) is 9.55 Å². The number of rotatable bonds is 7. The van der Waals surface area contributed by atoms with Crippen LogP contribution in [0, 0.1) is 6.92 Å². The highest BCUT2D eigenvalue weighted by molar-refractivity contribution is 7.20. The first-order valence-electron chi connectivity index (χ1n) is 12.4. The molecule has 10 nitrogen and oxygen atoms in total. The van der Waals surface area contributed by atoms with Gasteiger partial charge in [0.25, 0.3) is 17.4 Å². The maximum atomic E-state index is 13.5. The highest BCUT2D eigenvalue weighted by atomic mass is 32.1. The number of carbonyl (C=O) groups is 3. The number of nitrogens with one attached hydrogen (secondary N) is 2. The van der Waals surface area contributed by atoms with E-state index in [1.54, 1.807) is 38.1 Å². The monoisotopic (exact) mass is 565 g/mol. The van der Waals surface area contributed by atoms with Crippen molar-refractivity contribution < 1.29 is 19.1 Å². The van der Waals surface area contributed by atoms with Crippen molar-refractivity contribution in [2.75, 3.05) is 17.7 Å². The number of fused-ring (bicyclic) bond motifs is 2. The van der Waals surface area contributed by atoms with Crippen LogP contribution in [0.3, 0.4) is 0 Å². The molecular weight excluding hydrogens is 538 g/mol. The standard InChI is InChI=1S/C27H27N5O5S2/c1-13-19-25(39-21(13)24(35)30-16-9-5-6-10-17(16)37-3)29-12-32(27(19)36)14(2)23(34)31-26-20(22(28)33)15-8-4-7-11-18(15)38-26/h5-6,9-10,12,14H,4,7-8,11H2,1-3H3,(H2,28,33)(H,30,35)(H,31,34). The molecule has 0 saturated carbocycles. The third kappa shape index (κ3) is 4.81. The Kier molecular flexibility index (Phi) is 7.23. The predicted octanol–water partition coefficient (Wildman–Crippen LogP) is 4.27. The van der Waals surface area contributed by atoms with Gasteiger partial charge in [0.15, 0.2) is 0 Å². The minimum absolute atomic E-state index is 0.275. The predicted molar refractivity (Wildman–Crippen MR) is 152 cm³/mol. The van der Waals surface area contributed by atoms with Gasteiger partial charge in [0.2, 0.25) is 5.91 Å². The first-order valence-corrected chi connectivity index (χ1v) is 14.0. The number of para-hydroxylation sites is 2. The molecular formula is C27H27N5O5S2. The zero-order valence-corrected chi connectivity index (χ0v) is 23.3. The summed E-state index contributed by atoms with van der Waals surface area (Å²) in [6, 6.07) is 6.10. The van der Waals surface area contributed by atoms with Crippen LogP contribution < -0.4 is 26.7 Å². The number of primary amides is 1. The molecule has 0 spiro atoms. The molecule has 0 bridgehead atoms. The lowest BCUT2D eigenvalue weighted by Gasteiger charge is -2.15. The van der Waals surface area contributed by atoms with E-state index in [1.165, 1.54) is 29.3 Å². The van der Waals surface area contributed by atoms with E-state index in [4.69, 9.17) is 10.5 Å². The van der Waals surface area contributed by atoms with E-state index in [0.717, 1.165) is 47.5 Å². The van der Waals surface area contributed by atoms with Crippen LogP contribution in [-0.4, -0.2) is 34.4 Å². The maximum Gasteiger partial charge on any atom is 0.266 e. The Bertz CT molecular complexity index is 1690. The van der Waals surface area contributed by atoms with Gasteiger partial charge in [-0.3, -0.25) is 23.7 Å². The number of carbonyl (C=O) groups excluding carboxylic acids is 3. The van der Waals surface area contributed by atoms with Gasteiger partial charge in [-0.15, -0.1) is 22.7 Å². The van der Waals surface area contributed by atoms with Gasteiger partial charge in [-0.1, -0.05) is 12.1 Å². The molecule has 202 valence electrons. The first-order chi connectivity index (χ1) is 18.7. The second-order valence-corrected chi connectivity index (χ2v) is 11.4. The fraction of sp³-hybridized carbons (Fsp3) is 0.296. The van der Waals surface area contributed by atoms with Gasteiger partial charge in [-0.25, -0.2) is 4.98 Å². The molecule has 12 heteroatoms. The van der Waals surface area contributed by atoms with Gasteiger partial charge in [0, 0.05) is 4.88 Å². The highest BCUT2D eigenvalue weighted by Crippen LogP contribution is 2.38. The highest BCUT2D eigenvalue weighted by Gasteiger charge is 2.28. The van der Waals surface area contributed by atoms with Gasteiger partial charge >= 0.3 is 0 Å². The number of hydrogen-bond acceptors (Lipinski definition) is 8. The lowest BCUT2D eigenvalue weighted by molar-refractivity contribution is -0.118. The van der Waals surface area contributed by atoms with Gasteiger partial charge in [0.1, 0.15) is 21.6 Å². The summed E-state index contributed by atoms with van der Waals surface area (Å²) < 4.78 is 6.53. The van der Waals surface area contributed by atoms with E-state index >= 15 is 0 Å². The van der Waals surface area contributed by atoms with Crippen LogP contribution in [0.25, 0.3) is 10.2 Å². The van der Waals surface area contributed by atoms with Crippen LogP contribution in [0.4, 0.5) is 10.7 Å². The SMILES string of the molecule is COc1ccccc1NC(=O)c1sc2ncn(C(C)C(=O)Nc3sc4c(c3C(N)=O)CCCC4)c(=O)c2c1C. The molecule has 1 unspecified atom stereocenters. The number of hydrogen-bond donors (Lipinski definition) is 3. The van der Waals surface area contributed by atoms with Crippen LogP contribution >= 0.6 is 22.7 Å². The summed E-state index contributed by atoms with van der Waals surface area (Å²) in [5, 5.41) is 6.33. The van der Waals surface area contributed by atoms with E-state index < -0.39 is 29.3 Å². The van der Waals surface area contributed by atoms with Crippen molar-refractivity contribution in [2.24, 2.45) is 5.73 Å². The van der Waals surface area contributed by atoms with Crippen LogP contribution in [-0.2, 0) is 17.6 Å². The quantitative estimate of drug-likeness (QED) is 0.305. The zero-order valence-electron chi connectivity index (χ0n) is 21.6. The summed E-state index contributed by atoms with van der Waals surface area (Å²) in [7, 11) is 1.51. The zero-order chi connectivity index (χ0) is 27.8. The molecule has 3 aromatic heterocycles. The molecule has 1 aliphatic carbocycles. The minimum Gasteiger partial charge on any atom is -0.495 e. The number of methoxy groups -OCH3 is 1. The first kappa shape index (κ1) is 26.6. The van der Waals surface area contributed by atoms with E-state index in [-0.39, 0.29) is 5.39 Å². The number of amides is 3. The number of aryl methyl sites for hydroxylation is 2. The van der Waals surface area contributed by atoms with E-state index in [0.29, 0.717) is 37.3 Å². The molecule has 39 heavy (non-hydrogen) atoms. The fourth-order valence-corrected chi connectivity index (χ4v) is 7.15. The largest absolute Gasteiger partial charge is 0.495 e. The number of anilines is 2. The molecule has 5 rings (SSSR count). The Morgan fingerprint density at radius 2 is 1.87 bits per heavy atom. The number of benzene rings is 1. The Balaban J connectivity index is 1.43. The van der Waals surface area contributed by atoms with Crippen LogP contribution in [0.15, 0.2) is 35.4 Å². The second-order valence-electron chi connectivity index (χ2n) is 9.29. The van der Waals surface area contributed by atoms with Crippen molar-refractivity contribution >= 4 is 61.3 Å². The average Bonchev–Trinajstić information content (AvgIpc) is 3.46. The number of nitrogens with zero attached hydrogens (tertiary/aromatic N) is 2. The van der Waals surface area contributed by atoms with Crippen LogP contribution in [0.2, 0.25) is 0 Å². The van der Waals surface area contributed by atoms with Gasteiger partial charge < -0.3 is 21.1 Å². The summed E-state index contributed by atoms with van der Waals surface area (Å²) in [6.45, 7) is 3.27. The molecule has 0 radical (unpaired) electrons. The molecule has 0 saturated heterocycles. The Morgan fingerprint density at radius 1 is 1.13 bits per heavy atom. The Hall–Kier alpha value is -4.03. The van der Waals surface area contributed by atoms with E-state index in [1.807, 2.05) is 0 Å². The lowest BCUT2D eigenvalue weighted by atomic mass is 9.95. The Labute approximate surface area is 231 Å². The second kappa shape index (κ2) is 10.6. The normalized spacial score (nSPS) is 13.5. The smallest absolute Gasteiger partial charge is 0.266 e. The topological polar surface area (TPSA) is 145 Å². The van der Waals surface area contributed by atoms with Gasteiger partial charge in [0.05, 0.1) is 35.0 Å². The lowest BCUT2D eigenvalue weighted by Crippen LogP contribution is -2.32. The van der Waals surface area contributed by atoms with Crippen molar-refractivity contribution in [3.05, 3.63) is 67.4 Å². The van der Waals surface area contributed by atoms with E-state index in [9.17, 15) is 19.2 Å². The molecule has 4 N–H and O–H groups in total. The molecule has 1 aliphatic rings. The molecule has 1 atom stereocenters. The van der Waals surface area contributed by atoms with E-state index in [2.05, 4.69) is 15.6 Å². The van der Waals surface area contributed by atoms with Gasteiger partial charge in [-0.2, -0.15) is 0 Å². The molecule has 4 aromatic rings. The third-order valence-corrected chi connectivity index (χ3v) is 9.29. The molecule has 3 amide bonds. The minimum atomic E-state index is -0.931. The summed E-state index contributed by atoms with van der Waals surface area (Å²) in [4.78, 5) is 58.2. The average molecular weight is 566 g/mol. The van der Waals surface area contributed by atoms with Crippen LogP contribution in [0.5, 0.6) is 5.75 Å².